The fraction of sp³-hybridized carbons (Fsp3) is 0.455. The quantitative estimate of drug-likeness (QED) is 0.670. The Morgan fingerprint density at radius 1 is 0.923 bits per heavy atom. The van der Waals surface area contributed by atoms with Gasteiger partial charge in [-0.15, -0.1) is 0 Å². The summed E-state index contributed by atoms with van der Waals surface area (Å²) in [6.07, 6.45) is 0. The smallest absolute Gasteiger partial charge is 0.0423 e. The van der Waals surface area contributed by atoms with Crippen LogP contribution in [0, 0.1) is 5.92 Å². The zero-order valence-electron chi connectivity index (χ0n) is 8.14. The largest absolute Gasteiger partial charge is 0.0843 e. The summed E-state index contributed by atoms with van der Waals surface area (Å²) in [5, 5.41) is 1.44. The first-order chi connectivity index (χ1) is 6.00. The van der Waals surface area contributed by atoms with Crippen LogP contribution in [-0.2, 0) is 0 Å². The highest BCUT2D eigenvalue weighted by Crippen LogP contribution is 2.28. The van der Waals surface area contributed by atoms with Gasteiger partial charge in [0, 0.05) is 10.0 Å². The van der Waals surface area contributed by atoms with E-state index >= 15 is 0 Å². The molecule has 13 heavy (non-hydrogen) atoms. The van der Waals surface area contributed by atoms with Crippen LogP contribution in [0.25, 0.3) is 0 Å². The number of hydrogen-bond acceptors (Lipinski definition) is 0. The minimum atomic E-state index is 0.496. The normalized spacial score (nSPS) is 13.4. The lowest BCUT2D eigenvalue weighted by Crippen LogP contribution is -2.01. The van der Waals surface area contributed by atoms with Crippen LogP contribution in [-0.4, -0.2) is 0 Å². The third kappa shape index (κ3) is 2.89. The second kappa shape index (κ2) is 4.34. The molecule has 0 saturated carbocycles. The van der Waals surface area contributed by atoms with Gasteiger partial charge in [-0.2, -0.15) is 0 Å². The molecule has 0 nitrogen and oxygen atoms in total. The van der Waals surface area contributed by atoms with Gasteiger partial charge < -0.3 is 0 Å². The maximum absolute atomic E-state index is 5.91. The van der Waals surface area contributed by atoms with Crippen molar-refractivity contribution in [1.82, 2.24) is 0 Å². The van der Waals surface area contributed by atoms with Crippen LogP contribution in [0.2, 0.25) is 10.0 Å². The molecule has 0 fully saturated rings. The van der Waals surface area contributed by atoms with Gasteiger partial charge in [-0.05, 0) is 35.6 Å². The molecule has 0 unspecified atom stereocenters. The fourth-order valence-electron chi connectivity index (χ4n) is 1.22. The Balaban J connectivity index is 3.01. The fourth-order valence-corrected chi connectivity index (χ4v) is 1.77. The Morgan fingerprint density at radius 3 is 1.77 bits per heavy atom. The molecule has 0 aliphatic heterocycles. The molecule has 1 atom stereocenters. The maximum Gasteiger partial charge on any atom is 0.0423 e. The summed E-state index contributed by atoms with van der Waals surface area (Å²) in [6, 6.07) is 5.73. The van der Waals surface area contributed by atoms with Crippen molar-refractivity contribution in [3.8, 4) is 0 Å². The molecule has 1 aromatic carbocycles. The number of benzene rings is 1. The van der Waals surface area contributed by atoms with Crippen LogP contribution < -0.4 is 0 Å². The predicted octanol–water partition coefficient (Wildman–Crippen LogP) is 4.75. The first-order valence-corrected chi connectivity index (χ1v) is 5.22. The molecule has 0 aromatic heterocycles. The van der Waals surface area contributed by atoms with Crippen LogP contribution in [0.4, 0.5) is 0 Å². The van der Waals surface area contributed by atoms with E-state index in [1.54, 1.807) is 6.07 Å². The lowest BCUT2D eigenvalue weighted by molar-refractivity contribution is 0.535. The van der Waals surface area contributed by atoms with Crippen molar-refractivity contribution in [1.29, 1.82) is 0 Å². The van der Waals surface area contributed by atoms with Gasteiger partial charge in [-0.1, -0.05) is 44.0 Å². The van der Waals surface area contributed by atoms with E-state index in [-0.39, 0.29) is 0 Å². The predicted molar refractivity (Wildman–Crippen MR) is 59.7 cm³/mol. The van der Waals surface area contributed by atoms with E-state index in [9.17, 15) is 0 Å². The topological polar surface area (TPSA) is 0 Å². The molecule has 0 bridgehead atoms. The van der Waals surface area contributed by atoms with Gasteiger partial charge in [0.15, 0.2) is 0 Å². The summed E-state index contributed by atoms with van der Waals surface area (Å²) >= 11 is 11.8. The van der Waals surface area contributed by atoms with E-state index in [1.165, 1.54) is 5.56 Å². The monoisotopic (exact) mass is 216 g/mol. The standard InChI is InChI=1S/C11H14Cl2/c1-7(2)8(3)9-4-10(12)6-11(13)5-9/h4-8H,1-3H3/t8-/m1/s1. The molecule has 0 aliphatic carbocycles. The summed E-state index contributed by atoms with van der Waals surface area (Å²) < 4.78 is 0. The zero-order valence-corrected chi connectivity index (χ0v) is 9.65. The molecule has 0 N–H and O–H groups in total. The molecule has 0 spiro atoms. The highest BCUT2D eigenvalue weighted by Gasteiger charge is 2.10. The first-order valence-electron chi connectivity index (χ1n) is 4.46. The minimum absolute atomic E-state index is 0.496. The van der Waals surface area contributed by atoms with Gasteiger partial charge in [0.1, 0.15) is 0 Å². The summed E-state index contributed by atoms with van der Waals surface area (Å²) in [6.45, 7) is 6.58. The summed E-state index contributed by atoms with van der Waals surface area (Å²) in [7, 11) is 0. The van der Waals surface area contributed by atoms with Crippen molar-refractivity contribution in [2.75, 3.05) is 0 Å². The van der Waals surface area contributed by atoms with Crippen molar-refractivity contribution in [2.24, 2.45) is 5.92 Å². The van der Waals surface area contributed by atoms with Crippen LogP contribution in [0.1, 0.15) is 32.3 Å². The molecule has 0 heterocycles. The van der Waals surface area contributed by atoms with E-state index in [0.717, 1.165) is 10.0 Å². The van der Waals surface area contributed by atoms with Crippen molar-refractivity contribution in [2.45, 2.75) is 26.7 Å². The molecule has 0 radical (unpaired) electrons. The van der Waals surface area contributed by atoms with E-state index in [2.05, 4.69) is 20.8 Å². The van der Waals surface area contributed by atoms with Gasteiger partial charge in [0.2, 0.25) is 0 Å². The number of halogens is 2. The Kier molecular flexibility index (Phi) is 3.63. The second-order valence-corrected chi connectivity index (χ2v) is 4.61. The number of rotatable bonds is 2. The molecule has 1 rings (SSSR count). The van der Waals surface area contributed by atoms with E-state index in [4.69, 9.17) is 23.2 Å². The van der Waals surface area contributed by atoms with Gasteiger partial charge in [-0.3, -0.25) is 0 Å². The molecule has 2 heteroatoms. The van der Waals surface area contributed by atoms with Gasteiger partial charge >= 0.3 is 0 Å². The Labute approximate surface area is 89.9 Å². The van der Waals surface area contributed by atoms with Crippen LogP contribution in [0.5, 0.6) is 0 Å². The SMILES string of the molecule is CC(C)[C@@H](C)c1cc(Cl)cc(Cl)c1. The van der Waals surface area contributed by atoms with Gasteiger partial charge in [0.25, 0.3) is 0 Å². The lowest BCUT2D eigenvalue weighted by atomic mass is 9.90. The molecular formula is C11H14Cl2. The summed E-state index contributed by atoms with van der Waals surface area (Å²) in [5.74, 6) is 1.10. The third-order valence-corrected chi connectivity index (χ3v) is 2.85. The first kappa shape index (κ1) is 10.9. The Morgan fingerprint density at radius 2 is 1.38 bits per heavy atom. The van der Waals surface area contributed by atoms with E-state index in [1.807, 2.05) is 12.1 Å². The summed E-state index contributed by atoms with van der Waals surface area (Å²) in [5.41, 5.74) is 1.22. The van der Waals surface area contributed by atoms with Gasteiger partial charge in [-0.25, -0.2) is 0 Å². The zero-order chi connectivity index (χ0) is 10.0. The second-order valence-electron chi connectivity index (χ2n) is 3.74. The molecule has 72 valence electrons. The van der Waals surface area contributed by atoms with Crippen molar-refractivity contribution < 1.29 is 0 Å². The lowest BCUT2D eigenvalue weighted by Gasteiger charge is -2.16. The Bertz CT molecular complexity index is 272. The van der Waals surface area contributed by atoms with Crippen molar-refractivity contribution in [3.05, 3.63) is 33.8 Å². The average molecular weight is 217 g/mol. The van der Waals surface area contributed by atoms with Crippen molar-refractivity contribution >= 4 is 23.2 Å². The summed E-state index contributed by atoms with van der Waals surface area (Å²) in [4.78, 5) is 0. The Hall–Kier alpha value is -0.200. The van der Waals surface area contributed by atoms with Crippen LogP contribution in [0.15, 0.2) is 18.2 Å². The minimum Gasteiger partial charge on any atom is -0.0843 e. The molecule has 1 aromatic rings. The van der Waals surface area contributed by atoms with Crippen molar-refractivity contribution in [3.63, 3.8) is 0 Å². The molecule has 0 aliphatic rings. The number of hydrogen-bond donors (Lipinski definition) is 0. The van der Waals surface area contributed by atoms with E-state index in [0.29, 0.717) is 11.8 Å². The van der Waals surface area contributed by atoms with Gasteiger partial charge in [0.05, 0.1) is 0 Å². The third-order valence-electron chi connectivity index (χ3n) is 2.41. The average Bonchev–Trinajstić information content (AvgIpc) is 2.01. The maximum atomic E-state index is 5.91. The highest BCUT2D eigenvalue weighted by atomic mass is 35.5. The highest BCUT2D eigenvalue weighted by molar-refractivity contribution is 6.34. The molecular weight excluding hydrogens is 203 g/mol. The van der Waals surface area contributed by atoms with Crippen LogP contribution >= 0.6 is 23.2 Å². The molecule has 0 saturated heterocycles. The van der Waals surface area contributed by atoms with E-state index < -0.39 is 0 Å². The van der Waals surface area contributed by atoms with Crippen LogP contribution in [0.3, 0.4) is 0 Å². The molecule has 0 amide bonds.